The van der Waals surface area contributed by atoms with Gasteiger partial charge >= 0.3 is 5.69 Å². The Labute approximate surface area is 214 Å². The molecule has 0 unspecified atom stereocenters. The Bertz CT molecular complexity index is 1470. The molecule has 0 atom stereocenters. The molecule has 0 saturated carbocycles. The number of carbonyl (C=O) groups excluding carboxylic acids is 1. The maximum Gasteiger partial charge on any atom is 0.345 e. The summed E-state index contributed by atoms with van der Waals surface area (Å²) in [6, 6.07) is 22.1. The SMILES string of the molecule is COc1ccc(N2CCN(C(=O)c3ccc(-c4cc(-c5ccc(O)c(C)c5)nc(=O)[nH]4)cc3)CC2)cc1. The molecule has 5 rings (SSSR count). The molecule has 37 heavy (non-hydrogen) atoms. The van der Waals surface area contributed by atoms with Gasteiger partial charge in [0.25, 0.3) is 5.91 Å². The van der Waals surface area contributed by atoms with Gasteiger partial charge < -0.3 is 24.6 Å². The number of methoxy groups -OCH3 is 1. The minimum Gasteiger partial charge on any atom is -0.508 e. The highest BCUT2D eigenvalue weighted by atomic mass is 16.5. The molecular formula is C29H28N4O4. The van der Waals surface area contributed by atoms with Crippen LogP contribution in [0.25, 0.3) is 22.5 Å². The summed E-state index contributed by atoms with van der Waals surface area (Å²) in [6.45, 7) is 4.59. The van der Waals surface area contributed by atoms with Crippen LogP contribution in [0, 0.1) is 6.92 Å². The number of aromatic nitrogens is 2. The summed E-state index contributed by atoms with van der Waals surface area (Å²) >= 11 is 0. The number of amides is 1. The fraction of sp³-hybridized carbons (Fsp3) is 0.207. The Morgan fingerprint density at radius 3 is 2.24 bits per heavy atom. The van der Waals surface area contributed by atoms with Crippen molar-refractivity contribution < 1.29 is 14.6 Å². The fourth-order valence-electron chi connectivity index (χ4n) is 4.51. The van der Waals surface area contributed by atoms with Crippen molar-refractivity contribution in [3.63, 3.8) is 0 Å². The van der Waals surface area contributed by atoms with Gasteiger partial charge in [-0.15, -0.1) is 0 Å². The van der Waals surface area contributed by atoms with Gasteiger partial charge in [0.2, 0.25) is 0 Å². The molecule has 0 aliphatic carbocycles. The zero-order valence-corrected chi connectivity index (χ0v) is 20.8. The van der Waals surface area contributed by atoms with Gasteiger partial charge in [-0.3, -0.25) is 4.79 Å². The smallest absolute Gasteiger partial charge is 0.345 e. The zero-order valence-electron chi connectivity index (χ0n) is 20.8. The van der Waals surface area contributed by atoms with Gasteiger partial charge in [-0.25, -0.2) is 4.79 Å². The van der Waals surface area contributed by atoms with Gasteiger partial charge in [0, 0.05) is 43.0 Å². The minimum absolute atomic E-state index is 0.00981. The molecular weight excluding hydrogens is 468 g/mol. The lowest BCUT2D eigenvalue weighted by Gasteiger charge is -2.36. The number of piperazine rings is 1. The van der Waals surface area contributed by atoms with Crippen molar-refractivity contribution in [2.75, 3.05) is 38.2 Å². The number of aromatic amines is 1. The van der Waals surface area contributed by atoms with E-state index in [1.807, 2.05) is 41.3 Å². The molecule has 1 amide bonds. The van der Waals surface area contributed by atoms with Crippen LogP contribution < -0.4 is 15.3 Å². The van der Waals surface area contributed by atoms with E-state index in [4.69, 9.17) is 4.74 Å². The fourth-order valence-corrected chi connectivity index (χ4v) is 4.51. The van der Waals surface area contributed by atoms with Gasteiger partial charge in [0.1, 0.15) is 11.5 Å². The third-order valence-corrected chi connectivity index (χ3v) is 6.68. The second kappa shape index (κ2) is 10.2. The standard InChI is InChI=1S/C29H28N4O4/c1-19-17-22(7-12-27(19)34)26-18-25(30-29(36)31-26)20-3-5-21(6-4-20)28(35)33-15-13-32(14-16-33)23-8-10-24(37-2)11-9-23/h3-12,17-18,34H,13-16H2,1-2H3,(H,30,31,36). The molecule has 1 saturated heterocycles. The maximum absolute atomic E-state index is 13.1. The van der Waals surface area contributed by atoms with Gasteiger partial charge in [-0.1, -0.05) is 12.1 Å². The molecule has 2 N–H and O–H groups in total. The zero-order chi connectivity index (χ0) is 25.9. The van der Waals surface area contributed by atoms with Gasteiger partial charge in [-0.2, -0.15) is 4.98 Å². The summed E-state index contributed by atoms with van der Waals surface area (Å²) in [5, 5.41) is 9.80. The summed E-state index contributed by atoms with van der Waals surface area (Å²) in [4.78, 5) is 36.4. The summed E-state index contributed by atoms with van der Waals surface area (Å²) in [6.07, 6.45) is 0. The number of aryl methyl sites for hydroxylation is 1. The van der Waals surface area contributed by atoms with Gasteiger partial charge in [0.05, 0.1) is 18.5 Å². The predicted octanol–water partition coefficient (Wildman–Crippen LogP) is 4.09. The number of nitrogens with zero attached hydrogens (tertiary/aromatic N) is 3. The molecule has 1 aromatic heterocycles. The van der Waals surface area contributed by atoms with Crippen LogP contribution in [0.2, 0.25) is 0 Å². The normalized spacial score (nSPS) is 13.5. The van der Waals surface area contributed by atoms with Crippen LogP contribution in [0.3, 0.4) is 0 Å². The quantitative estimate of drug-likeness (QED) is 0.432. The summed E-state index contributed by atoms with van der Waals surface area (Å²) in [7, 11) is 1.65. The van der Waals surface area contributed by atoms with Crippen LogP contribution in [0.1, 0.15) is 15.9 Å². The van der Waals surface area contributed by atoms with E-state index in [0.29, 0.717) is 35.6 Å². The lowest BCUT2D eigenvalue weighted by molar-refractivity contribution is 0.0747. The van der Waals surface area contributed by atoms with Crippen LogP contribution >= 0.6 is 0 Å². The second-order valence-corrected chi connectivity index (χ2v) is 9.04. The van der Waals surface area contributed by atoms with Crippen molar-refractivity contribution in [2.45, 2.75) is 6.92 Å². The maximum atomic E-state index is 13.1. The molecule has 2 heterocycles. The number of hydrogen-bond donors (Lipinski definition) is 2. The number of phenolic OH excluding ortho intramolecular Hbond substituents is 1. The number of ether oxygens (including phenoxy) is 1. The number of nitrogens with one attached hydrogen (secondary N) is 1. The molecule has 3 aromatic carbocycles. The third kappa shape index (κ3) is 5.18. The monoisotopic (exact) mass is 496 g/mol. The lowest BCUT2D eigenvalue weighted by Crippen LogP contribution is -2.48. The molecule has 1 fully saturated rings. The van der Waals surface area contributed by atoms with E-state index in [2.05, 4.69) is 14.9 Å². The number of hydrogen-bond acceptors (Lipinski definition) is 6. The minimum atomic E-state index is -0.465. The van der Waals surface area contributed by atoms with E-state index in [1.165, 1.54) is 0 Å². The highest BCUT2D eigenvalue weighted by molar-refractivity contribution is 5.95. The van der Waals surface area contributed by atoms with E-state index in [0.717, 1.165) is 35.7 Å². The van der Waals surface area contributed by atoms with E-state index < -0.39 is 5.69 Å². The summed E-state index contributed by atoms with van der Waals surface area (Å²) in [5.41, 5.74) is 4.59. The molecule has 4 aromatic rings. The number of rotatable bonds is 5. The first-order valence-electron chi connectivity index (χ1n) is 12.1. The number of phenols is 1. The second-order valence-electron chi connectivity index (χ2n) is 9.04. The molecule has 0 bridgehead atoms. The van der Waals surface area contributed by atoms with Crippen LogP contribution in [0.15, 0.2) is 77.6 Å². The molecule has 188 valence electrons. The van der Waals surface area contributed by atoms with E-state index in [9.17, 15) is 14.7 Å². The third-order valence-electron chi connectivity index (χ3n) is 6.68. The van der Waals surface area contributed by atoms with Gasteiger partial charge in [-0.05, 0) is 78.7 Å². The molecule has 8 nitrogen and oxygen atoms in total. The Morgan fingerprint density at radius 2 is 1.59 bits per heavy atom. The molecule has 0 radical (unpaired) electrons. The van der Waals surface area contributed by atoms with Gasteiger partial charge in [0.15, 0.2) is 0 Å². The average molecular weight is 497 g/mol. The van der Waals surface area contributed by atoms with Crippen LogP contribution in [-0.4, -0.2) is 59.2 Å². The first-order chi connectivity index (χ1) is 17.9. The number of H-pyrrole nitrogens is 1. The van der Waals surface area contributed by atoms with E-state index in [-0.39, 0.29) is 11.7 Å². The first-order valence-corrected chi connectivity index (χ1v) is 12.1. The predicted molar refractivity (Wildman–Crippen MR) is 143 cm³/mol. The average Bonchev–Trinajstić information content (AvgIpc) is 2.94. The van der Waals surface area contributed by atoms with Crippen LogP contribution in [0.5, 0.6) is 11.5 Å². The number of benzene rings is 3. The van der Waals surface area contributed by atoms with Crippen LogP contribution in [-0.2, 0) is 0 Å². The molecule has 0 spiro atoms. The highest BCUT2D eigenvalue weighted by Crippen LogP contribution is 2.26. The number of carbonyl (C=O) groups is 1. The van der Waals surface area contributed by atoms with E-state index >= 15 is 0 Å². The Balaban J connectivity index is 1.28. The Morgan fingerprint density at radius 1 is 0.919 bits per heavy atom. The lowest BCUT2D eigenvalue weighted by atomic mass is 10.0. The summed E-state index contributed by atoms with van der Waals surface area (Å²) in [5.74, 6) is 1.00. The van der Waals surface area contributed by atoms with Crippen molar-refractivity contribution in [1.29, 1.82) is 0 Å². The van der Waals surface area contributed by atoms with Crippen molar-refractivity contribution in [2.24, 2.45) is 0 Å². The highest BCUT2D eigenvalue weighted by Gasteiger charge is 2.22. The van der Waals surface area contributed by atoms with Crippen molar-refractivity contribution in [3.05, 3.63) is 94.4 Å². The largest absolute Gasteiger partial charge is 0.508 e. The topological polar surface area (TPSA) is 98.8 Å². The molecule has 1 aliphatic heterocycles. The van der Waals surface area contributed by atoms with Crippen molar-refractivity contribution >= 4 is 11.6 Å². The van der Waals surface area contributed by atoms with Crippen LogP contribution in [0.4, 0.5) is 5.69 Å². The number of anilines is 1. The first kappa shape index (κ1) is 24.1. The molecule has 1 aliphatic rings. The van der Waals surface area contributed by atoms with Crippen molar-refractivity contribution in [1.82, 2.24) is 14.9 Å². The Hall–Kier alpha value is -4.59. The number of aromatic hydroxyl groups is 1. The van der Waals surface area contributed by atoms with Crippen molar-refractivity contribution in [3.8, 4) is 34.0 Å². The summed E-state index contributed by atoms with van der Waals surface area (Å²) < 4.78 is 5.23. The Kier molecular flexibility index (Phi) is 6.64. The molecule has 8 heteroatoms. The van der Waals surface area contributed by atoms with E-state index in [1.54, 1.807) is 50.4 Å².